The van der Waals surface area contributed by atoms with E-state index in [-0.39, 0.29) is 16.7 Å². The molecule has 3 aromatic rings. The summed E-state index contributed by atoms with van der Waals surface area (Å²) in [6, 6.07) is 11.9. The van der Waals surface area contributed by atoms with Crippen molar-refractivity contribution in [1.29, 1.82) is 0 Å². The van der Waals surface area contributed by atoms with E-state index in [1.165, 1.54) is 39.9 Å². The molecule has 1 aromatic heterocycles. The van der Waals surface area contributed by atoms with Crippen molar-refractivity contribution in [3.05, 3.63) is 52.8 Å². The second-order valence-corrected chi connectivity index (χ2v) is 12.8. The minimum atomic E-state index is -3.68. The summed E-state index contributed by atoms with van der Waals surface area (Å²) in [4.78, 5) is 18.3. The third kappa shape index (κ3) is 7.31. The minimum absolute atomic E-state index is 0.172. The van der Waals surface area contributed by atoms with Gasteiger partial charge in [-0.05, 0) is 62.1 Å². The maximum absolute atomic E-state index is 13.3. The van der Waals surface area contributed by atoms with Gasteiger partial charge >= 0.3 is 0 Å². The number of fused-ring (bicyclic) bond motifs is 1. The highest BCUT2D eigenvalue weighted by Crippen LogP contribution is 2.28. The molecule has 2 aromatic carbocycles. The van der Waals surface area contributed by atoms with Crippen LogP contribution in [0.25, 0.3) is 10.2 Å². The average Bonchev–Trinajstić information content (AvgIpc) is 3.21. The van der Waals surface area contributed by atoms with E-state index in [4.69, 9.17) is 9.47 Å². The monoisotopic (exact) mass is 561 g/mol. The van der Waals surface area contributed by atoms with Gasteiger partial charge in [0, 0.05) is 31.8 Å². The van der Waals surface area contributed by atoms with E-state index in [9.17, 15) is 13.2 Å². The topological polar surface area (TPSA) is 90.2 Å². The molecule has 1 amide bonds. The number of para-hydroxylation sites is 1. The fraction of sp³-hybridized carbons (Fsp3) is 0.500. The molecule has 0 aliphatic heterocycles. The van der Waals surface area contributed by atoms with Crippen LogP contribution in [-0.2, 0) is 21.3 Å². The molecule has 0 saturated heterocycles. The van der Waals surface area contributed by atoms with Gasteiger partial charge in [-0.1, -0.05) is 45.1 Å². The Kier molecular flexibility index (Phi) is 10.7. The van der Waals surface area contributed by atoms with E-state index in [0.717, 1.165) is 16.0 Å². The van der Waals surface area contributed by atoms with Crippen molar-refractivity contribution in [2.24, 2.45) is 16.8 Å². The van der Waals surface area contributed by atoms with E-state index in [1.54, 1.807) is 0 Å². The molecule has 3 rings (SSSR count). The zero-order valence-electron chi connectivity index (χ0n) is 23.1. The summed E-state index contributed by atoms with van der Waals surface area (Å²) in [5.41, 5.74) is 1.20. The fourth-order valence-electron chi connectivity index (χ4n) is 4.12. The van der Waals surface area contributed by atoms with Crippen LogP contribution in [0.1, 0.15) is 51.9 Å². The number of sulfonamides is 1. The van der Waals surface area contributed by atoms with Gasteiger partial charge in [0.25, 0.3) is 5.91 Å². The Morgan fingerprint density at radius 1 is 1.00 bits per heavy atom. The van der Waals surface area contributed by atoms with E-state index < -0.39 is 15.9 Å². The Morgan fingerprint density at radius 2 is 1.66 bits per heavy atom. The van der Waals surface area contributed by atoms with Gasteiger partial charge in [0.1, 0.15) is 11.3 Å². The molecule has 208 valence electrons. The van der Waals surface area contributed by atoms with Crippen molar-refractivity contribution in [2.75, 3.05) is 32.9 Å². The molecule has 38 heavy (non-hydrogen) atoms. The molecule has 8 nitrogen and oxygen atoms in total. The standard InChI is InChI=1S/C28H39N3O5S2/c1-7-35-17-16-31-26-24(36-8-2)10-9-11-25(26)37-28(31)29-27(32)22-12-14-23(15-13-22)38(33,34)30(18-20(3)4)19-21(5)6/h9-15,20-21H,7-8,16-19H2,1-6H3. The van der Waals surface area contributed by atoms with Crippen LogP contribution in [0.4, 0.5) is 0 Å². The minimum Gasteiger partial charge on any atom is -0.492 e. The van der Waals surface area contributed by atoms with Crippen molar-refractivity contribution >= 4 is 37.5 Å². The molecule has 0 aliphatic rings. The highest BCUT2D eigenvalue weighted by molar-refractivity contribution is 7.89. The first kappa shape index (κ1) is 30.0. The van der Waals surface area contributed by atoms with Gasteiger partial charge in [-0.3, -0.25) is 4.79 Å². The summed E-state index contributed by atoms with van der Waals surface area (Å²) >= 11 is 1.40. The normalized spacial score (nSPS) is 12.8. The molecule has 0 saturated carbocycles. The predicted octanol–water partition coefficient (Wildman–Crippen LogP) is 5.18. The number of rotatable bonds is 13. The van der Waals surface area contributed by atoms with Gasteiger partial charge < -0.3 is 14.0 Å². The smallest absolute Gasteiger partial charge is 0.279 e. The Balaban J connectivity index is 1.97. The van der Waals surface area contributed by atoms with Crippen LogP contribution in [0, 0.1) is 11.8 Å². The highest BCUT2D eigenvalue weighted by atomic mass is 32.2. The number of hydrogen-bond donors (Lipinski definition) is 0. The quantitative estimate of drug-likeness (QED) is 0.268. The van der Waals surface area contributed by atoms with Crippen LogP contribution < -0.4 is 9.54 Å². The number of hydrogen-bond acceptors (Lipinski definition) is 6. The number of amides is 1. The van der Waals surface area contributed by atoms with E-state index in [2.05, 4.69) is 4.99 Å². The van der Waals surface area contributed by atoms with Crippen molar-refractivity contribution < 1.29 is 22.7 Å². The van der Waals surface area contributed by atoms with Crippen LogP contribution in [0.5, 0.6) is 5.75 Å². The second-order valence-electron chi connectivity index (χ2n) is 9.82. The summed E-state index contributed by atoms with van der Waals surface area (Å²) in [7, 11) is -3.68. The van der Waals surface area contributed by atoms with Gasteiger partial charge in [-0.15, -0.1) is 0 Å². The highest BCUT2D eigenvalue weighted by Gasteiger charge is 2.26. The lowest BCUT2D eigenvalue weighted by atomic mass is 10.2. The summed E-state index contributed by atoms with van der Waals surface area (Å²) in [5, 5.41) is 0. The molecule has 0 atom stereocenters. The first-order valence-corrected chi connectivity index (χ1v) is 15.4. The van der Waals surface area contributed by atoms with Gasteiger partial charge in [0.2, 0.25) is 10.0 Å². The van der Waals surface area contributed by atoms with Crippen molar-refractivity contribution in [3.63, 3.8) is 0 Å². The van der Waals surface area contributed by atoms with Crippen LogP contribution >= 0.6 is 11.3 Å². The van der Waals surface area contributed by atoms with Crippen molar-refractivity contribution in [2.45, 2.75) is 53.0 Å². The molecule has 0 radical (unpaired) electrons. The lowest BCUT2D eigenvalue weighted by Crippen LogP contribution is -2.37. The van der Waals surface area contributed by atoms with Crippen LogP contribution in [0.15, 0.2) is 52.4 Å². The largest absolute Gasteiger partial charge is 0.492 e. The van der Waals surface area contributed by atoms with E-state index in [1.807, 2.05) is 64.3 Å². The number of thiazole rings is 1. The summed E-state index contributed by atoms with van der Waals surface area (Å²) < 4.78 is 42.5. The average molecular weight is 562 g/mol. The molecular weight excluding hydrogens is 522 g/mol. The maximum Gasteiger partial charge on any atom is 0.279 e. The van der Waals surface area contributed by atoms with Gasteiger partial charge in [0.15, 0.2) is 4.80 Å². The maximum atomic E-state index is 13.3. The van der Waals surface area contributed by atoms with Crippen molar-refractivity contribution in [3.8, 4) is 5.75 Å². The third-order valence-electron chi connectivity index (χ3n) is 5.70. The third-order valence-corrected chi connectivity index (χ3v) is 8.59. The summed E-state index contributed by atoms with van der Waals surface area (Å²) in [5.74, 6) is 0.683. The van der Waals surface area contributed by atoms with Gasteiger partial charge in [-0.25, -0.2) is 8.42 Å². The zero-order chi connectivity index (χ0) is 27.9. The molecule has 0 bridgehead atoms. The zero-order valence-corrected chi connectivity index (χ0v) is 24.8. The first-order chi connectivity index (χ1) is 18.1. The molecule has 0 aliphatic carbocycles. The number of carbonyl (C=O) groups is 1. The molecular formula is C28H39N3O5S2. The van der Waals surface area contributed by atoms with Crippen LogP contribution in [0.3, 0.4) is 0 Å². The Hall–Kier alpha value is -2.53. The molecule has 0 unspecified atom stereocenters. The van der Waals surface area contributed by atoms with E-state index in [0.29, 0.717) is 49.8 Å². The lowest BCUT2D eigenvalue weighted by Gasteiger charge is -2.25. The molecule has 0 fully saturated rings. The fourth-order valence-corrected chi connectivity index (χ4v) is 6.96. The number of benzene rings is 2. The Bertz CT molecular complexity index is 1380. The van der Waals surface area contributed by atoms with Crippen molar-refractivity contribution in [1.82, 2.24) is 8.87 Å². The Morgan fingerprint density at radius 3 is 2.24 bits per heavy atom. The molecule has 10 heteroatoms. The van der Waals surface area contributed by atoms with Gasteiger partial charge in [0.05, 0.1) is 22.8 Å². The lowest BCUT2D eigenvalue weighted by molar-refractivity contribution is 0.0996. The van der Waals surface area contributed by atoms with E-state index >= 15 is 0 Å². The SMILES string of the molecule is CCOCCn1c(=NC(=O)c2ccc(S(=O)(=O)N(CC(C)C)CC(C)C)cc2)sc2cccc(OCC)c21. The summed E-state index contributed by atoms with van der Waals surface area (Å²) in [6.07, 6.45) is 0. The number of ether oxygens (including phenoxy) is 2. The molecule has 0 N–H and O–H groups in total. The van der Waals surface area contributed by atoms with Crippen LogP contribution in [-0.4, -0.2) is 56.1 Å². The molecule has 1 heterocycles. The summed E-state index contributed by atoms with van der Waals surface area (Å²) in [6.45, 7) is 14.8. The van der Waals surface area contributed by atoms with Gasteiger partial charge in [-0.2, -0.15) is 9.30 Å². The number of aromatic nitrogens is 1. The first-order valence-electron chi connectivity index (χ1n) is 13.1. The van der Waals surface area contributed by atoms with Crippen LogP contribution in [0.2, 0.25) is 0 Å². The molecule has 0 spiro atoms. The Labute approximate surface area is 230 Å². The predicted molar refractivity (Wildman–Crippen MR) is 152 cm³/mol. The number of carbonyl (C=O) groups excluding carboxylic acids is 1. The second kappa shape index (κ2) is 13.5. The number of nitrogens with zero attached hydrogens (tertiary/aromatic N) is 3.